The fraction of sp³-hybridized carbons (Fsp3) is 0. The van der Waals surface area contributed by atoms with Crippen molar-refractivity contribution in [2.24, 2.45) is 0 Å². The smallest absolute Gasteiger partial charge is 0.238 e. The molecule has 0 bridgehead atoms. The van der Waals surface area contributed by atoms with Gasteiger partial charge in [0.05, 0.1) is 38.3 Å². The van der Waals surface area contributed by atoms with E-state index in [2.05, 4.69) is 137 Å². The monoisotopic (exact) mass is 593 g/mol. The average molecular weight is 594 g/mol. The molecule has 0 saturated heterocycles. The molecule has 3 aromatic heterocycles. The maximum atomic E-state index is 5.40. The number of nitrogens with zero attached hydrogens (tertiary/aromatic N) is 5. The Labute approximate surface area is 262 Å². The van der Waals surface area contributed by atoms with Gasteiger partial charge in [-0.1, -0.05) is 115 Å². The molecule has 9 aromatic rings. The zero-order valence-electron chi connectivity index (χ0n) is 23.9. The van der Waals surface area contributed by atoms with Crippen LogP contribution in [0.25, 0.3) is 70.2 Å². The maximum absolute atomic E-state index is 5.40. The second-order valence-corrected chi connectivity index (χ2v) is 12.3. The van der Waals surface area contributed by atoms with Crippen molar-refractivity contribution >= 4 is 71.0 Å². The second-order valence-electron chi connectivity index (χ2n) is 11.3. The van der Waals surface area contributed by atoms with E-state index in [0.717, 1.165) is 66.3 Å². The lowest BCUT2D eigenvalue weighted by molar-refractivity contribution is 1.01. The second kappa shape index (κ2) is 9.32. The summed E-state index contributed by atoms with van der Waals surface area (Å²) in [4.78, 5) is 18.3. The summed E-state index contributed by atoms with van der Waals surface area (Å²) in [6.07, 6.45) is 0. The van der Waals surface area contributed by atoms with E-state index < -0.39 is 0 Å². The molecule has 4 heterocycles. The van der Waals surface area contributed by atoms with Crippen molar-refractivity contribution in [1.82, 2.24) is 19.5 Å². The Bertz CT molecular complexity index is 2620. The van der Waals surface area contributed by atoms with Gasteiger partial charge in [0.25, 0.3) is 0 Å². The largest absolute Gasteiger partial charge is 0.277 e. The van der Waals surface area contributed by atoms with Crippen LogP contribution < -0.4 is 4.90 Å². The third-order valence-corrected chi connectivity index (χ3v) is 9.92. The predicted octanol–water partition coefficient (Wildman–Crippen LogP) is 10.5. The Morgan fingerprint density at radius 3 is 2.24 bits per heavy atom. The van der Waals surface area contributed by atoms with Gasteiger partial charge in [0.1, 0.15) is 0 Å². The Morgan fingerprint density at radius 1 is 0.556 bits per heavy atom. The number of benzene rings is 6. The van der Waals surface area contributed by atoms with Crippen molar-refractivity contribution in [2.45, 2.75) is 0 Å². The standard InChI is InChI=1S/C39H23N5S/c1-2-13-25(14-3-1)34-37-35(29-17-7-11-21-33(29)45-37)42-38(41-34)44-31-19-9-6-16-27(31)28-23-22-24-12-4-5-15-26(24)36(28)43-32-20-10-8-18-30(32)40-39(43)44/h1-23H. The van der Waals surface area contributed by atoms with Crippen molar-refractivity contribution in [3.8, 4) is 28.1 Å². The number of aromatic nitrogens is 4. The third kappa shape index (κ3) is 3.51. The fourth-order valence-corrected chi connectivity index (χ4v) is 7.92. The molecule has 0 amide bonds. The van der Waals surface area contributed by atoms with Crippen LogP contribution in [0, 0.1) is 0 Å². The Balaban J connectivity index is 1.38. The highest BCUT2D eigenvalue weighted by Crippen LogP contribution is 2.49. The Hall–Kier alpha value is -5.85. The number of anilines is 3. The van der Waals surface area contributed by atoms with Gasteiger partial charge in [-0.15, -0.1) is 11.3 Å². The van der Waals surface area contributed by atoms with E-state index in [1.54, 1.807) is 11.3 Å². The quantitative estimate of drug-likeness (QED) is 0.200. The number of imidazole rings is 1. The zero-order chi connectivity index (χ0) is 29.5. The lowest BCUT2D eigenvalue weighted by Gasteiger charge is -2.23. The molecule has 0 unspecified atom stereocenters. The SMILES string of the molecule is c1ccc(-c2nc(N3c4ccccc4-c4ccc5ccccc5c4-n4c3nc3ccccc34)nc3c2sc2ccccc23)cc1. The number of rotatable bonds is 2. The first-order valence-electron chi connectivity index (χ1n) is 15.0. The lowest BCUT2D eigenvalue weighted by atomic mass is 9.97. The van der Waals surface area contributed by atoms with Crippen molar-refractivity contribution in [3.05, 3.63) is 140 Å². The third-order valence-electron chi connectivity index (χ3n) is 8.76. The summed E-state index contributed by atoms with van der Waals surface area (Å²) in [5, 5.41) is 3.48. The normalized spacial score (nSPS) is 12.4. The minimum absolute atomic E-state index is 0.589. The van der Waals surface area contributed by atoms with Crippen LogP contribution >= 0.6 is 11.3 Å². The average Bonchev–Trinajstić information content (AvgIpc) is 3.63. The summed E-state index contributed by atoms with van der Waals surface area (Å²) in [5.41, 5.74) is 9.22. The van der Waals surface area contributed by atoms with Crippen LogP contribution in [0.3, 0.4) is 0 Å². The molecule has 1 aliphatic heterocycles. The van der Waals surface area contributed by atoms with E-state index in [4.69, 9.17) is 15.0 Å². The van der Waals surface area contributed by atoms with E-state index in [9.17, 15) is 0 Å². The summed E-state index contributed by atoms with van der Waals surface area (Å²) in [7, 11) is 0. The van der Waals surface area contributed by atoms with E-state index in [1.807, 2.05) is 12.1 Å². The molecule has 6 aromatic carbocycles. The van der Waals surface area contributed by atoms with Gasteiger partial charge in [-0.3, -0.25) is 4.57 Å². The number of thiophene rings is 1. The van der Waals surface area contributed by atoms with Crippen molar-refractivity contribution in [2.75, 3.05) is 4.90 Å². The molecule has 5 nitrogen and oxygen atoms in total. The zero-order valence-corrected chi connectivity index (χ0v) is 24.7. The van der Waals surface area contributed by atoms with Crippen LogP contribution in [0.2, 0.25) is 0 Å². The van der Waals surface area contributed by atoms with E-state index in [1.165, 1.54) is 15.5 Å². The first-order chi connectivity index (χ1) is 22.3. The molecule has 0 radical (unpaired) electrons. The lowest BCUT2D eigenvalue weighted by Crippen LogP contribution is -2.17. The highest BCUT2D eigenvalue weighted by Gasteiger charge is 2.32. The van der Waals surface area contributed by atoms with Crippen LogP contribution in [0.5, 0.6) is 0 Å². The van der Waals surface area contributed by atoms with Crippen LogP contribution in [0.15, 0.2) is 140 Å². The van der Waals surface area contributed by atoms with Gasteiger partial charge in [0, 0.05) is 32.2 Å². The van der Waals surface area contributed by atoms with Gasteiger partial charge < -0.3 is 0 Å². The van der Waals surface area contributed by atoms with Gasteiger partial charge >= 0.3 is 0 Å². The summed E-state index contributed by atoms with van der Waals surface area (Å²) >= 11 is 1.74. The Morgan fingerprint density at radius 2 is 1.31 bits per heavy atom. The highest BCUT2D eigenvalue weighted by atomic mass is 32.1. The van der Waals surface area contributed by atoms with Gasteiger partial charge in [-0.25, -0.2) is 19.9 Å². The molecule has 45 heavy (non-hydrogen) atoms. The molecule has 0 aliphatic carbocycles. The summed E-state index contributed by atoms with van der Waals surface area (Å²) in [5.74, 6) is 1.35. The molecule has 0 spiro atoms. The minimum Gasteiger partial charge on any atom is -0.277 e. The van der Waals surface area contributed by atoms with E-state index >= 15 is 0 Å². The molecule has 6 heteroatoms. The molecule has 0 saturated carbocycles. The summed E-state index contributed by atoms with van der Waals surface area (Å²) < 4.78 is 4.57. The Kier molecular flexibility index (Phi) is 5.09. The van der Waals surface area contributed by atoms with Gasteiger partial charge in [-0.2, -0.15) is 0 Å². The first kappa shape index (κ1) is 24.6. The fourth-order valence-electron chi connectivity index (χ4n) is 6.77. The van der Waals surface area contributed by atoms with Gasteiger partial charge in [0.2, 0.25) is 11.9 Å². The van der Waals surface area contributed by atoms with Crippen molar-refractivity contribution in [3.63, 3.8) is 0 Å². The molecule has 1 aliphatic rings. The molecule has 10 rings (SSSR count). The van der Waals surface area contributed by atoms with Gasteiger partial charge in [-0.05, 0) is 29.7 Å². The first-order valence-corrected chi connectivity index (χ1v) is 15.8. The molecular formula is C39H23N5S. The van der Waals surface area contributed by atoms with Crippen molar-refractivity contribution in [1.29, 1.82) is 0 Å². The summed E-state index contributed by atoms with van der Waals surface area (Å²) in [6.45, 7) is 0. The number of hydrogen-bond acceptors (Lipinski definition) is 5. The topological polar surface area (TPSA) is 46.8 Å². The number of fused-ring (bicyclic) bond motifs is 12. The number of para-hydroxylation sites is 3. The summed E-state index contributed by atoms with van der Waals surface area (Å²) in [6, 6.07) is 48.9. The van der Waals surface area contributed by atoms with Crippen LogP contribution in [0.1, 0.15) is 0 Å². The van der Waals surface area contributed by atoms with Crippen LogP contribution in [0.4, 0.5) is 17.6 Å². The number of hydrogen-bond donors (Lipinski definition) is 0. The molecule has 0 atom stereocenters. The van der Waals surface area contributed by atoms with E-state index in [-0.39, 0.29) is 0 Å². The predicted molar refractivity (Wildman–Crippen MR) is 186 cm³/mol. The van der Waals surface area contributed by atoms with Gasteiger partial charge in [0.15, 0.2) is 0 Å². The molecule has 0 fully saturated rings. The van der Waals surface area contributed by atoms with Crippen LogP contribution in [-0.4, -0.2) is 19.5 Å². The molecule has 0 N–H and O–H groups in total. The minimum atomic E-state index is 0.589. The molecular weight excluding hydrogens is 571 g/mol. The van der Waals surface area contributed by atoms with E-state index in [0.29, 0.717) is 5.95 Å². The highest BCUT2D eigenvalue weighted by molar-refractivity contribution is 7.26. The molecule has 210 valence electrons. The van der Waals surface area contributed by atoms with Crippen LogP contribution in [-0.2, 0) is 0 Å². The van der Waals surface area contributed by atoms with Crippen molar-refractivity contribution < 1.29 is 0 Å². The maximum Gasteiger partial charge on any atom is 0.238 e.